The second kappa shape index (κ2) is 11.9. The molecule has 0 N–H and O–H groups in total. The first-order chi connectivity index (χ1) is 5.35. The van der Waals surface area contributed by atoms with E-state index in [2.05, 4.69) is 19.7 Å². The molecular weight excluding hydrogens is 139 g/mol. The number of halogens is 1. The van der Waals surface area contributed by atoms with E-state index in [1.807, 2.05) is 13.0 Å². The molecule has 0 radical (unpaired) electrons. The molecule has 0 rings (SSSR count). The standard InChI is InChI=1S/C8H13F.C2H4/c1-3-8(4-2)6-5-7-9;1-2/h3-4H,1,5-7H2,2H3;1-2H2/b8-4+;. The summed E-state index contributed by atoms with van der Waals surface area (Å²) in [7, 11) is 0. The number of alkyl halides is 1. The lowest BCUT2D eigenvalue weighted by Crippen LogP contribution is -1.79. The third-order valence-corrected chi connectivity index (χ3v) is 1.23. The fourth-order valence-corrected chi connectivity index (χ4v) is 0.635. The maximum atomic E-state index is 11.6. The van der Waals surface area contributed by atoms with E-state index in [0.717, 1.165) is 12.0 Å². The van der Waals surface area contributed by atoms with Gasteiger partial charge in [0.15, 0.2) is 0 Å². The molecule has 0 aromatic carbocycles. The largest absolute Gasteiger partial charge is 0.251 e. The van der Waals surface area contributed by atoms with Crippen LogP contribution in [0.3, 0.4) is 0 Å². The van der Waals surface area contributed by atoms with Crippen LogP contribution in [0.15, 0.2) is 37.5 Å². The van der Waals surface area contributed by atoms with Gasteiger partial charge in [-0.1, -0.05) is 24.3 Å². The lowest BCUT2D eigenvalue weighted by molar-refractivity contribution is 0.473. The summed E-state index contributed by atoms with van der Waals surface area (Å²) in [5.41, 5.74) is 1.13. The fourth-order valence-electron chi connectivity index (χ4n) is 0.635. The monoisotopic (exact) mass is 156 g/mol. The first-order valence-electron chi connectivity index (χ1n) is 3.68. The van der Waals surface area contributed by atoms with E-state index in [9.17, 15) is 4.39 Å². The molecule has 0 saturated carbocycles. The zero-order valence-corrected chi connectivity index (χ0v) is 7.28. The van der Waals surface area contributed by atoms with Crippen LogP contribution in [0.2, 0.25) is 0 Å². The van der Waals surface area contributed by atoms with E-state index in [4.69, 9.17) is 0 Å². The molecule has 11 heavy (non-hydrogen) atoms. The van der Waals surface area contributed by atoms with E-state index >= 15 is 0 Å². The predicted octanol–water partition coefficient (Wildman–Crippen LogP) is 3.67. The van der Waals surface area contributed by atoms with Gasteiger partial charge in [0.2, 0.25) is 0 Å². The van der Waals surface area contributed by atoms with Crippen LogP contribution in [0.5, 0.6) is 0 Å². The summed E-state index contributed by atoms with van der Waals surface area (Å²) in [6.45, 7) is 11.3. The Hall–Kier alpha value is -0.850. The van der Waals surface area contributed by atoms with Gasteiger partial charge >= 0.3 is 0 Å². The van der Waals surface area contributed by atoms with Crippen molar-refractivity contribution in [2.45, 2.75) is 19.8 Å². The molecule has 0 aliphatic carbocycles. The summed E-state index contributed by atoms with van der Waals surface area (Å²) in [6.07, 6.45) is 5.17. The second-order valence-electron chi connectivity index (χ2n) is 1.86. The van der Waals surface area contributed by atoms with Crippen molar-refractivity contribution < 1.29 is 4.39 Å². The topological polar surface area (TPSA) is 0 Å². The molecule has 0 aliphatic rings. The minimum absolute atomic E-state index is 0.231. The lowest BCUT2D eigenvalue weighted by Gasteiger charge is -1.95. The number of hydrogen-bond acceptors (Lipinski definition) is 0. The average molecular weight is 156 g/mol. The minimum Gasteiger partial charge on any atom is -0.251 e. The molecule has 0 fully saturated rings. The van der Waals surface area contributed by atoms with Crippen molar-refractivity contribution in [1.29, 1.82) is 0 Å². The van der Waals surface area contributed by atoms with Crippen molar-refractivity contribution in [2.24, 2.45) is 0 Å². The Morgan fingerprint density at radius 2 is 2.00 bits per heavy atom. The Morgan fingerprint density at radius 1 is 1.45 bits per heavy atom. The van der Waals surface area contributed by atoms with Gasteiger partial charge in [-0.25, -0.2) is 0 Å². The van der Waals surface area contributed by atoms with E-state index in [0.29, 0.717) is 6.42 Å². The molecule has 0 amide bonds. The molecule has 0 atom stereocenters. The summed E-state index contributed by atoms with van der Waals surface area (Å²) in [6, 6.07) is 0. The van der Waals surface area contributed by atoms with Gasteiger partial charge in [0.1, 0.15) is 0 Å². The van der Waals surface area contributed by atoms with Crippen LogP contribution in [0.1, 0.15) is 19.8 Å². The molecule has 0 heterocycles. The van der Waals surface area contributed by atoms with Gasteiger partial charge in [-0.2, -0.15) is 0 Å². The third-order valence-electron chi connectivity index (χ3n) is 1.23. The Morgan fingerprint density at radius 3 is 2.27 bits per heavy atom. The third kappa shape index (κ3) is 9.15. The molecule has 0 nitrogen and oxygen atoms in total. The molecule has 1 heteroatoms. The normalized spacial score (nSPS) is 9.82. The average Bonchev–Trinajstić information content (AvgIpc) is 2.10. The highest BCUT2D eigenvalue weighted by Gasteiger charge is 1.88. The molecule has 0 aliphatic heterocycles. The first-order valence-corrected chi connectivity index (χ1v) is 3.68. The molecular formula is C10H17F. The van der Waals surface area contributed by atoms with Gasteiger partial charge in [0.25, 0.3) is 0 Å². The van der Waals surface area contributed by atoms with Crippen LogP contribution in [0, 0.1) is 0 Å². The van der Waals surface area contributed by atoms with Crippen molar-refractivity contribution in [1.82, 2.24) is 0 Å². The number of allylic oxidation sites excluding steroid dienone is 3. The fraction of sp³-hybridized carbons (Fsp3) is 0.400. The van der Waals surface area contributed by atoms with Crippen molar-refractivity contribution >= 4 is 0 Å². The predicted molar refractivity (Wildman–Crippen MR) is 50.4 cm³/mol. The van der Waals surface area contributed by atoms with Gasteiger partial charge in [0, 0.05) is 0 Å². The Balaban J connectivity index is 0. The van der Waals surface area contributed by atoms with E-state index < -0.39 is 0 Å². The maximum Gasteiger partial charge on any atom is 0.0897 e. The summed E-state index contributed by atoms with van der Waals surface area (Å²) >= 11 is 0. The van der Waals surface area contributed by atoms with Gasteiger partial charge in [-0.3, -0.25) is 4.39 Å². The van der Waals surface area contributed by atoms with E-state index in [1.54, 1.807) is 6.08 Å². The Kier molecular flexibility index (Phi) is 13.8. The van der Waals surface area contributed by atoms with Crippen molar-refractivity contribution in [2.75, 3.05) is 6.67 Å². The van der Waals surface area contributed by atoms with Gasteiger partial charge in [-0.05, 0) is 19.8 Å². The van der Waals surface area contributed by atoms with Crippen molar-refractivity contribution in [3.8, 4) is 0 Å². The summed E-state index contributed by atoms with van der Waals surface area (Å²) in [4.78, 5) is 0. The molecule has 0 bridgehead atoms. The lowest BCUT2D eigenvalue weighted by atomic mass is 10.1. The number of hydrogen-bond donors (Lipinski definition) is 0. The zero-order chi connectivity index (χ0) is 9.11. The van der Waals surface area contributed by atoms with Crippen LogP contribution >= 0.6 is 0 Å². The molecule has 0 aromatic heterocycles. The molecule has 64 valence electrons. The van der Waals surface area contributed by atoms with Crippen molar-refractivity contribution in [3.63, 3.8) is 0 Å². The smallest absolute Gasteiger partial charge is 0.0897 e. The highest BCUT2D eigenvalue weighted by Crippen LogP contribution is 2.04. The minimum atomic E-state index is -0.231. The van der Waals surface area contributed by atoms with Crippen LogP contribution < -0.4 is 0 Å². The zero-order valence-electron chi connectivity index (χ0n) is 7.28. The molecule has 0 unspecified atom stereocenters. The van der Waals surface area contributed by atoms with Crippen molar-refractivity contribution in [3.05, 3.63) is 37.5 Å². The van der Waals surface area contributed by atoms with Crippen LogP contribution in [0.4, 0.5) is 4.39 Å². The quantitative estimate of drug-likeness (QED) is 0.430. The van der Waals surface area contributed by atoms with Crippen LogP contribution in [-0.2, 0) is 0 Å². The van der Waals surface area contributed by atoms with Crippen LogP contribution in [-0.4, -0.2) is 6.67 Å². The Labute approximate surface area is 69.1 Å². The summed E-state index contributed by atoms with van der Waals surface area (Å²) in [5, 5.41) is 0. The summed E-state index contributed by atoms with van der Waals surface area (Å²) < 4.78 is 11.6. The van der Waals surface area contributed by atoms with E-state index in [-0.39, 0.29) is 6.67 Å². The summed E-state index contributed by atoms with van der Waals surface area (Å²) in [5.74, 6) is 0. The first kappa shape index (κ1) is 12.8. The van der Waals surface area contributed by atoms with Gasteiger partial charge < -0.3 is 0 Å². The van der Waals surface area contributed by atoms with Gasteiger partial charge in [0.05, 0.1) is 6.67 Å². The molecule has 0 aromatic rings. The maximum absolute atomic E-state index is 11.6. The van der Waals surface area contributed by atoms with Gasteiger partial charge in [-0.15, -0.1) is 13.2 Å². The SMILES string of the molecule is C=C.C=C/C(=C\C)CCCF. The van der Waals surface area contributed by atoms with Crippen LogP contribution in [0.25, 0.3) is 0 Å². The number of rotatable bonds is 4. The highest BCUT2D eigenvalue weighted by atomic mass is 19.1. The molecule has 0 spiro atoms. The highest BCUT2D eigenvalue weighted by molar-refractivity contribution is 5.14. The van der Waals surface area contributed by atoms with E-state index in [1.165, 1.54) is 0 Å². The second-order valence-corrected chi connectivity index (χ2v) is 1.86. The molecule has 0 saturated heterocycles. The Bertz CT molecular complexity index is 114.